The number of carbonyl (C=O) groups excluding carboxylic acids is 2. The zero-order chi connectivity index (χ0) is 21.3. The summed E-state index contributed by atoms with van der Waals surface area (Å²) in [6, 6.07) is 14.4. The van der Waals surface area contributed by atoms with Crippen LogP contribution in [0.25, 0.3) is 0 Å². The maximum absolute atomic E-state index is 12.6. The molecule has 9 heteroatoms. The molecule has 2 amide bonds. The minimum Gasteiger partial charge on any atom is -0.482 e. The Morgan fingerprint density at radius 2 is 1.70 bits per heavy atom. The number of nitrogens with one attached hydrogen (secondary N) is 2. The van der Waals surface area contributed by atoms with E-state index >= 15 is 0 Å². The van der Waals surface area contributed by atoms with Gasteiger partial charge >= 0.3 is 0 Å². The van der Waals surface area contributed by atoms with Crippen LogP contribution in [0.5, 0.6) is 17.2 Å². The van der Waals surface area contributed by atoms with Gasteiger partial charge in [-0.15, -0.1) is 0 Å². The largest absolute Gasteiger partial charge is 0.482 e. The number of amides is 2. The van der Waals surface area contributed by atoms with Crippen LogP contribution in [0.3, 0.4) is 0 Å². The van der Waals surface area contributed by atoms with E-state index in [1.165, 1.54) is 12.1 Å². The van der Waals surface area contributed by atoms with E-state index < -0.39 is 5.91 Å². The van der Waals surface area contributed by atoms with Gasteiger partial charge in [-0.2, -0.15) is 0 Å². The van der Waals surface area contributed by atoms with Crippen molar-refractivity contribution in [1.82, 2.24) is 0 Å². The summed E-state index contributed by atoms with van der Waals surface area (Å²) < 4.78 is 11.2. The average molecular weight is 464 g/mol. The summed E-state index contributed by atoms with van der Waals surface area (Å²) >= 11 is 17.8. The van der Waals surface area contributed by atoms with Gasteiger partial charge in [-0.3, -0.25) is 9.59 Å². The third-order valence-electron chi connectivity index (χ3n) is 4.17. The Morgan fingerprint density at radius 3 is 2.50 bits per heavy atom. The molecular weight excluding hydrogens is 451 g/mol. The quantitative estimate of drug-likeness (QED) is 0.496. The molecule has 0 atom stereocenters. The first-order valence-corrected chi connectivity index (χ1v) is 9.83. The predicted molar refractivity (Wildman–Crippen MR) is 117 cm³/mol. The van der Waals surface area contributed by atoms with E-state index in [0.717, 1.165) is 0 Å². The highest BCUT2D eigenvalue weighted by Crippen LogP contribution is 2.38. The molecule has 0 spiro atoms. The molecule has 6 nitrogen and oxygen atoms in total. The van der Waals surface area contributed by atoms with Gasteiger partial charge in [0, 0.05) is 15.7 Å². The van der Waals surface area contributed by atoms with Crippen molar-refractivity contribution >= 4 is 58.0 Å². The molecule has 1 aliphatic heterocycles. The molecule has 0 saturated carbocycles. The van der Waals surface area contributed by atoms with Gasteiger partial charge in [-0.1, -0.05) is 34.8 Å². The van der Waals surface area contributed by atoms with Crippen LogP contribution in [0, 0.1) is 0 Å². The number of hydrogen-bond acceptors (Lipinski definition) is 4. The molecule has 0 fully saturated rings. The summed E-state index contributed by atoms with van der Waals surface area (Å²) in [7, 11) is 0. The Kier molecular flexibility index (Phi) is 5.72. The molecule has 2 N–H and O–H groups in total. The van der Waals surface area contributed by atoms with Gasteiger partial charge in [0.2, 0.25) is 0 Å². The van der Waals surface area contributed by atoms with Crippen LogP contribution in [0.2, 0.25) is 15.1 Å². The summed E-state index contributed by atoms with van der Waals surface area (Å²) in [6.45, 7) is -0.273. The van der Waals surface area contributed by atoms with E-state index in [9.17, 15) is 9.59 Å². The highest BCUT2D eigenvalue weighted by molar-refractivity contribution is 6.35. The summed E-state index contributed by atoms with van der Waals surface area (Å²) in [5, 5.41) is 6.65. The zero-order valence-electron chi connectivity index (χ0n) is 15.2. The zero-order valence-corrected chi connectivity index (χ0v) is 17.4. The Morgan fingerprint density at radius 1 is 0.967 bits per heavy atom. The van der Waals surface area contributed by atoms with E-state index in [1.807, 2.05) is 0 Å². The number of anilines is 2. The standard InChI is InChI=1S/C21H13Cl3N2O4/c22-11-1-4-18(15(24)7-11)29-10-20(27)25-13-3-6-17-14(9-13)21(28)26-16-8-12(23)2-5-19(16)30-17/h1-9H,10H2,(H,25,27)(H,26,28). The second-order valence-corrected chi connectivity index (χ2v) is 7.60. The molecule has 30 heavy (non-hydrogen) atoms. The maximum Gasteiger partial charge on any atom is 0.262 e. The predicted octanol–water partition coefficient (Wildman–Crippen LogP) is 6.02. The van der Waals surface area contributed by atoms with Crippen molar-refractivity contribution < 1.29 is 19.1 Å². The number of ether oxygens (including phenoxy) is 2. The molecule has 0 bridgehead atoms. The lowest BCUT2D eigenvalue weighted by Crippen LogP contribution is -2.20. The van der Waals surface area contributed by atoms with Crippen LogP contribution in [-0.4, -0.2) is 18.4 Å². The monoisotopic (exact) mass is 462 g/mol. The molecule has 3 aromatic carbocycles. The van der Waals surface area contributed by atoms with Gasteiger partial charge in [0.05, 0.1) is 16.3 Å². The molecule has 0 aromatic heterocycles. The van der Waals surface area contributed by atoms with Crippen LogP contribution in [-0.2, 0) is 4.79 Å². The highest BCUT2D eigenvalue weighted by atomic mass is 35.5. The van der Waals surface area contributed by atoms with Crippen molar-refractivity contribution in [3.63, 3.8) is 0 Å². The molecular formula is C21H13Cl3N2O4. The van der Waals surface area contributed by atoms with Crippen LogP contribution in [0.1, 0.15) is 10.4 Å². The van der Waals surface area contributed by atoms with Crippen molar-refractivity contribution in [3.05, 3.63) is 75.2 Å². The summed E-state index contributed by atoms with van der Waals surface area (Å²) in [5.41, 5.74) is 1.14. The number of hydrogen-bond donors (Lipinski definition) is 2. The molecule has 0 unspecified atom stereocenters. The van der Waals surface area contributed by atoms with E-state index in [-0.39, 0.29) is 18.1 Å². The smallest absolute Gasteiger partial charge is 0.262 e. The van der Waals surface area contributed by atoms with Crippen LogP contribution in [0.15, 0.2) is 54.6 Å². The van der Waals surface area contributed by atoms with E-state index in [2.05, 4.69) is 10.6 Å². The lowest BCUT2D eigenvalue weighted by molar-refractivity contribution is -0.118. The van der Waals surface area contributed by atoms with Gasteiger partial charge in [0.1, 0.15) is 11.5 Å². The van der Waals surface area contributed by atoms with Crippen molar-refractivity contribution in [2.24, 2.45) is 0 Å². The van der Waals surface area contributed by atoms with E-state index in [4.69, 9.17) is 44.3 Å². The third kappa shape index (κ3) is 4.46. The van der Waals surface area contributed by atoms with Crippen molar-refractivity contribution in [3.8, 4) is 17.2 Å². The van der Waals surface area contributed by atoms with Crippen molar-refractivity contribution in [2.45, 2.75) is 0 Å². The molecule has 4 rings (SSSR count). The van der Waals surface area contributed by atoms with Gasteiger partial charge < -0.3 is 20.1 Å². The maximum atomic E-state index is 12.6. The van der Waals surface area contributed by atoms with Gasteiger partial charge in [0.15, 0.2) is 12.4 Å². The van der Waals surface area contributed by atoms with Crippen molar-refractivity contribution in [1.29, 1.82) is 0 Å². The minimum absolute atomic E-state index is 0.266. The third-order valence-corrected chi connectivity index (χ3v) is 4.94. The topological polar surface area (TPSA) is 76.7 Å². The number of fused-ring (bicyclic) bond motifs is 2. The van der Waals surface area contributed by atoms with E-state index in [0.29, 0.717) is 43.7 Å². The Bertz CT molecular complexity index is 1170. The normalized spacial score (nSPS) is 12.0. The first kappa shape index (κ1) is 20.3. The number of benzene rings is 3. The second kappa shape index (κ2) is 8.44. The minimum atomic E-state index is -0.425. The highest BCUT2D eigenvalue weighted by Gasteiger charge is 2.22. The van der Waals surface area contributed by atoms with Crippen LogP contribution in [0.4, 0.5) is 11.4 Å². The molecule has 1 heterocycles. The van der Waals surface area contributed by atoms with Crippen LogP contribution >= 0.6 is 34.8 Å². The number of rotatable bonds is 4. The van der Waals surface area contributed by atoms with E-state index in [1.54, 1.807) is 42.5 Å². The molecule has 0 saturated heterocycles. The summed E-state index contributed by atoms with van der Waals surface area (Å²) in [5.74, 6) is 0.354. The Labute approximate surface area is 186 Å². The SMILES string of the molecule is O=C(COc1ccc(Cl)cc1Cl)Nc1ccc2c(c1)C(=O)Nc1cc(Cl)ccc1O2. The lowest BCUT2D eigenvalue weighted by atomic mass is 10.1. The fourth-order valence-electron chi connectivity index (χ4n) is 2.80. The number of halogens is 3. The Balaban J connectivity index is 1.46. The Hall–Kier alpha value is -2.93. The fourth-order valence-corrected chi connectivity index (χ4v) is 3.44. The molecule has 0 aliphatic carbocycles. The second-order valence-electron chi connectivity index (χ2n) is 6.32. The van der Waals surface area contributed by atoms with Crippen LogP contribution < -0.4 is 20.1 Å². The van der Waals surface area contributed by atoms with Gasteiger partial charge in [0.25, 0.3) is 11.8 Å². The fraction of sp³-hybridized carbons (Fsp3) is 0.0476. The lowest BCUT2D eigenvalue weighted by Gasteiger charge is -2.11. The molecule has 1 aliphatic rings. The average Bonchev–Trinajstić information content (AvgIpc) is 2.83. The summed E-state index contributed by atoms with van der Waals surface area (Å²) in [4.78, 5) is 24.8. The molecule has 152 valence electrons. The first-order chi connectivity index (χ1) is 14.4. The van der Waals surface area contributed by atoms with Gasteiger partial charge in [-0.05, 0) is 54.6 Å². The number of carbonyl (C=O) groups is 2. The first-order valence-electron chi connectivity index (χ1n) is 8.69. The van der Waals surface area contributed by atoms with Gasteiger partial charge in [-0.25, -0.2) is 0 Å². The molecule has 0 radical (unpaired) electrons. The summed E-state index contributed by atoms with van der Waals surface area (Å²) in [6.07, 6.45) is 0. The van der Waals surface area contributed by atoms with Crippen molar-refractivity contribution in [2.75, 3.05) is 17.2 Å². The molecule has 3 aromatic rings.